The number of rotatable bonds is 6. The standard InChI is InChI=1S/C29H32N4O3/c1-17(2)29(35)33-14-20-8-9-21(15-33)25(20)23-16-32(3)28-26(23)27(36-4)22(13-31-28)11-24(34)19-7-5-6-18(10-19)12-30/h5-7,10,13,16-17,20-21,25H,8-9,11,14-15H2,1-4H3/t20-,21?,25?/m0/s1. The van der Waals surface area contributed by atoms with Gasteiger partial charge in [-0.05, 0) is 48.3 Å². The summed E-state index contributed by atoms with van der Waals surface area (Å²) in [6, 6.07) is 8.87. The number of benzene rings is 1. The number of amides is 1. The number of aromatic nitrogens is 2. The molecule has 36 heavy (non-hydrogen) atoms. The van der Waals surface area contributed by atoms with E-state index in [2.05, 4.69) is 17.2 Å². The van der Waals surface area contributed by atoms with Crippen LogP contribution in [0.15, 0.2) is 36.7 Å². The zero-order valence-corrected chi connectivity index (χ0v) is 21.3. The number of carbonyl (C=O) groups excluding carboxylic acids is 2. The van der Waals surface area contributed by atoms with Crippen LogP contribution < -0.4 is 4.74 Å². The van der Waals surface area contributed by atoms with Gasteiger partial charge in [-0.2, -0.15) is 5.26 Å². The number of pyridine rings is 1. The highest BCUT2D eigenvalue weighted by atomic mass is 16.5. The third kappa shape index (κ3) is 4.05. The van der Waals surface area contributed by atoms with Gasteiger partial charge in [-0.25, -0.2) is 4.98 Å². The Morgan fingerprint density at radius 3 is 2.58 bits per heavy atom. The Morgan fingerprint density at radius 1 is 1.22 bits per heavy atom. The number of Topliss-reactive ketones (excluding diaryl/α,β-unsaturated/α-hetero) is 1. The summed E-state index contributed by atoms with van der Waals surface area (Å²) >= 11 is 0. The van der Waals surface area contributed by atoms with Crippen LogP contribution >= 0.6 is 0 Å². The second-order valence-corrected chi connectivity index (χ2v) is 10.5. The van der Waals surface area contributed by atoms with Gasteiger partial charge in [0.2, 0.25) is 5.91 Å². The summed E-state index contributed by atoms with van der Waals surface area (Å²) in [6.07, 6.45) is 6.25. The lowest BCUT2D eigenvalue weighted by Crippen LogP contribution is -2.45. The molecule has 7 nitrogen and oxygen atoms in total. The van der Waals surface area contributed by atoms with Gasteiger partial charge in [0, 0.05) is 56.0 Å². The van der Waals surface area contributed by atoms with Crippen molar-refractivity contribution < 1.29 is 14.3 Å². The summed E-state index contributed by atoms with van der Waals surface area (Å²) in [5.74, 6) is 2.01. The number of nitriles is 1. The number of hydrogen-bond donors (Lipinski definition) is 0. The third-order valence-electron chi connectivity index (χ3n) is 7.91. The molecule has 1 aliphatic carbocycles. The number of piperidine rings is 1. The van der Waals surface area contributed by atoms with Crippen molar-refractivity contribution >= 4 is 22.7 Å². The minimum absolute atomic E-state index is 0.0109. The Bertz CT molecular complexity index is 1370. The molecule has 2 unspecified atom stereocenters. The number of aryl methyl sites for hydroxylation is 1. The Labute approximate surface area is 211 Å². The molecular weight excluding hydrogens is 452 g/mol. The molecule has 3 atom stereocenters. The number of ether oxygens (including phenoxy) is 1. The number of nitrogens with zero attached hydrogens (tertiary/aromatic N) is 4. The van der Waals surface area contributed by atoms with Crippen LogP contribution in [0.3, 0.4) is 0 Å². The van der Waals surface area contributed by atoms with Crippen molar-refractivity contribution in [2.24, 2.45) is 24.8 Å². The third-order valence-corrected chi connectivity index (χ3v) is 7.91. The fourth-order valence-corrected chi connectivity index (χ4v) is 6.31. The van der Waals surface area contributed by atoms with Crippen LogP contribution in [0.1, 0.15) is 59.7 Å². The molecular formula is C29H32N4O3. The van der Waals surface area contributed by atoms with E-state index >= 15 is 0 Å². The SMILES string of the molecule is COc1c(CC(=O)c2cccc(C#N)c2)cnc2c1c(C1C3CC[C@H]1CN(C(=O)C(C)C)C3)cn2C. The molecule has 5 rings (SSSR count). The van der Waals surface area contributed by atoms with Crippen LogP contribution in [0.4, 0.5) is 0 Å². The molecule has 1 aromatic carbocycles. The highest BCUT2D eigenvalue weighted by molar-refractivity contribution is 5.99. The first kappa shape index (κ1) is 24.1. The van der Waals surface area contributed by atoms with E-state index in [1.807, 2.05) is 25.5 Å². The van der Waals surface area contributed by atoms with Crippen molar-refractivity contribution in [2.45, 2.75) is 39.0 Å². The van der Waals surface area contributed by atoms with Gasteiger partial charge >= 0.3 is 0 Å². The van der Waals surface area contributed by atoms with Crippen LogP contribution in [-0.2, 0) is 18.3 Å². The number of methoxy groups -OCH3 is 1. The van der Waals surface area contributed by atoms with Gasteiger partial charge in [0.1, 0.15) is 11.4 Å². The molecule has 186 valence electrons. The second kappa shape index (κ2) is 9.42. The predicted molar refractivity (Wildman–Crippen MR) is 137 cm³/mol. The Hall–Kier alpha value is -3.66. The maximum Gasteiger partial charge on any atom is 0.225 e. The van der Waals surface area contributed by atoms with Gasteiger partial charge in [-0.1, -0.05) is 26.0 Å². The molecule has 2 fully saturated rings. The van der Waals surface area contributed by atoms with Gasteiger partial charge in [0.25, 0.3) is 0 Å². The van der Waals surface area contributed by atoms with E-state index < -0.39 is 0 Å². The van der Waals surface area contributed by atoms with Crippen LogP contribution in [0.25, 0.3) is 11.0 Å². The lowest BCUT2D eigenvalue weighted by atomic mass is 9.79. The molecule has 3 aromatic rings. The largest absolute Gasteiger partial charge is 0.496 e. The zero-order valence-electron chi connectivity index (χ0n) is 21.3. The highest BCUT2D eigenvalue weighted by Crippen LogP contribution is 2.51. The van der Waals surface area contributed by atoms with Crippen LogP contribution in [0.5, 0.6) is 5.75 Å². The van der Waals surface area contributed by atoms with Crippen LogP contribution in [-0.4, -0.2) is 46.3 Å². The van der Waals surface area contributed by atoms with E-state index in [9.17, 15) is 14.9 Å². The topological polar surface area (TPSA) is 88.2 Å². The van der Waals surface area contributed by atoms with Crippen molar-refractivity contribution in [3.63, 3.8) is 0 Å². The Balaban J connectivity index is 1.51. The molecule has 2 bridgehead atoms. The first-order valence-corrected chi connectivity index (χ1v) is 12.6. The quantitative estimate of drug-likeness (QED) is 0.481. The van der Waals surface area contributed by atoms with Gasteiger partial charge in [-0.15, -0.1) is 0 Å². The summed E-state index contributed by atoms with van der Waals surface area (Å²) < 4.78 is 7.99. The minimum atomic E-state index is -0.0791. The normalized spacial score (nSPS) is 21.1. The van der Waals surface area contributed by atoms with Crippen LogP contribution in [0.2, 0.25) is 0 Å². The van der Waals surface area contributed by atoms with E-state index in [1.54, 1.807) is 37.6 Å². The smallest absolute Gasteiger partial charge is 0.225 e. The van der Waals surface area contributed by atoms with Crippen molar-refractivity contribution in [3.05, 3.63) is 58.9 Å². The van der Waals surface area contributed by atoms with Crippen molar-refractivity contribution in [1.82, 2.24) is 14.5 Å². The molecule has 1 saturated heterocycles. The summed E-state index contributed by atoms with van der Waals surface area (Å²) in [4.78, 5) is 32.6. The summed E-state index contributed by atoms with van der Waals surface area (Å²) in [6.45, 7) is 5.52. The van der Waals surface area contributed by atoms with E-state index in [-0.39, 0.29) is 24.0 Å². The average Bonchev–Trinajstić information content (AvgIpc) is 3.34. The van der Waals surface area contributed by atoms with E-state index in [4.69, 9.17) is 9.72 Å². The molecule has 2 aliphatic rings. The predicted octanol–water partition coefficient (Wildman–Crippen LogP) is 4.49. The van der Waals surface area contributed by atoms with Gasteiger partial charge < -0.3 is 14.2 Å². The number of hydrogen-bond acceptors (Lipinski definition) is 5. The number of fused-ring (bicyclic) bond motifs is 3. The Kier molecular flexibility index (Phi) is 6.29. The fraction of sp³-hybridized carbons (Fsp3) is 0.448. The van der Waals surface area contributed by atoms with E-state index in [1.165, 1.54) is 5.56 Å². The van der Waals surface area contributed by atoms with Gasteiger partial charge in [0.05, 0.1) is 24.1 Å². The van der Waals surface area contributed by atoms with Crippen LogP contribution in [0, 0.1) is 29.1 Å². The molecule has 0 radical (unpaired) electrons. The maximum atomic E-state index is 13.1. The summed E-state index contributed by atoms with van der Waals surface area (Å²) in [5.41, 5.74) is 3.75. The molecule has 1 amide bonds. The molecule has 7 heteroatoms. The van der Waals surface area contributed by atoms with E-state index in [0.717, 1.165) is 42.5 Å². The lowest BCUT2D eigenvalue weighted by Gasteiger charge is -2.39. The monoisotopic (exact) mass is 484 g/mol. The number of carbonyl (C=O) groups is 2. The first-order chi connectivity index (χ1) is 17.3. The first-order valence-electron chi connectivity index (χ1n) is 12.6. The average molecular weight is 485 g/mol. The molecule has 0 N–H and O–H groups in total. The molecule has 1 aliphatic heterocycles. The zero-order chi connectivity index (χ0) is 25.6. The van der Waals surface area contributed by atoms with E-state index in [0.29, 0.717) is 34.6 Å². The highest BCUT2D eigenvalue weighted by Gasteiger charge is 2.45. The molecule has 0 spiro atoms. The molecule has 2 aromatic heterocycles. The van der Waals surface area contributed by atoms with Gasteiger partial charge in [0.15, 0.2) is 5.78 Å². The van der Waals surface area contributed by atoms with Crippen molar-refractivity contribution in [2.75, 3.05) is 20.2 Å². The second-order valence-electron chi connectivity index (χ2n) is 10.5. The van der Waals surface area contributed by atoms with Crippen molar-refractivity contribution in [3.8, 4) is 11.8 Å². The fourth-order valence-electron chi connectivity index (χ4n) is 6.31. The van der Waals surface area contributed by atoms with Gasteiger partial charge in [-0.3, -0.25) is 9.59 Å². The maximum absolute atomic E-state index is 13.1. The lowest BCUT2D eigenvalue weighted by molar-refractivity contribution is -0.136. The number of likely N-dealkylation sites (tertiary alicyclic amines) is 1. The molecule has 3 heterocycles. The minimum Gasteiger partial charge on any atom is -0.496 e. The molecule has 1 saturated carbocycles. The number of ketones is 1. The Morgan fingerprint density at radius 2 is 1.94 bits per heavy atom. The summed E-state index contributed by atoms with van der Waals surface area (Å²) in [5, 5.41) is 10.2. The summed E-state index contributed by atoms with van der Waals surface area (Å²) in [7, 11) is 3.64. The van der Waals surface area contributed by atoms with Crippen molar-refractivity contribution in [1.29, 1.82) is 5.26 Å².